The van der Waals surface area contributed by atoms with E-state index in [2.05, 4.69) is 9.97 Å². The molecular formula is C12H18N6O4. The lowest BCUT2D eigenvalue weighted by Gasteiger charge is -2.16. The molecular weight excluding hydrogens is 292 g/mol. The van der Waals surface area contributed by atoms with Gasteiger partial charge in [0.05, 0.1) is 18.1 Å². The molecule has 1 aliphatic rings. The summed E-state index contributed by atoms with van der Waals surface area (Å²) in [5, 5.41) is 29.3. The van der Waals surface area contributed by atoms with Crippen LogP contribution in [0.2, 0.25) is 0 Å². The van der Waals surface area contributed by atoms with E-state index in [9.17, 15) is 15.3 Å². The maximum Gasteiger partial charge on any atom is 0.196 e. The van der Waals surface area contributed by atoms with Crippen molar-refractivity contribution >= 4 is 16.9 Å². The molecule has 10 heteroatoms. The predicted molar refractivity (Wildman–Crippen MR) is 75.8 cm³/mol. The van der Waals surface area contributed by atoms with Gasteiger partial charge in [0, 0.05) is 18.2 Å². The molecule has 0 radical (unpaired) electrons. The lowest BCUT2D eigenvalue weighted by Crippen LogP contribution is -2.45. The number of nitrogens with two attached hydrogens (primary N) is 3. The third-order valence-electron chi connectivity index (χ3n) is 3.76. The highest BCUT2D eigenvalue weighted by Gasteiger charge is 2.37. The molecule has 3 atom stereocenters. The number of aromatic nitrogens is 3. The van der Waals surface area contributed by atoms with Gasteiger partial charge in [-0.15, -0.1) is 0 Å². The molecule has 0 saturated carbocycles. The monoisotopic (exact) mass is 310 g/mol. The fraction of sp³-hybridized carbons (Fsp3) is 0.500. The molecule has 0 spiro atoms. The number of aliphatic hydroxyl groups excluding tert-OH is 2. The summed E-state index contributed by atoms with van der Waals surface area (Å²) in [4.78, 5) is 7.99. The van der Waals surface area contributed by atoms with Gasteiger partial charge in [0.1, 0.15) is 30.1 Å². The summed E-state index contributed by atoms with van der Waals surface area (Å²) in [6.45, 7) is -0.307. The summed E-state index contributed by atoms with van der Waals surface area (Å²) in [5.74, 6) is -2.01. The number of ether oxygens (including phenoxy) is 1. The first-order chi connectivity index (χ1) is 10.3. The van der Waals surface area contributed by atoms with Crippen LogP contribution in [0.25, 0.3) is 11.0 Å². The Kier molecular flexibility index (Phi) is 3.51. The molecule has 1 fully saturated rings. The molecule has 10 nitrogen and oxygen atoms in total. The minimum Gasteiger partial charge on any atom is -0.394 e. The van der Waals surface area contributed by atoms with E-state index in [-0.39, 0.29) is 24.4 Å². The van der Waals surface area contributed by atoms with Gasteiger partial charge >= 0.3 is 0 Å². The van der Waals surface area contributed by atoms with Crippen molar-refractivity contribution in [3.63, 3.8) is 0 Å². The highest BCUT2D eigenvalue weighted by atomic mass is 16.5. The van der Waals surface area contributed by atoms with E-state index in [1.807, 2.05) is 0 Å². The van der Waals surface area contributed by atoms with Crippen LogP contribution in [0.1, 0.15) is 18.2 Å². The molecule has 0 aromatic carbocycles. The number of aliphatic hydroxyl groups is 3. The van der Waals surface area contributed by atoms with Gasteiger partial charge in [0.2, 0.25) is 0 Å². The molecule has 1 saturated heterocycles. The van der Waals surface area contributed by atoms with Gasteiger partial charge in [0.15, 0.2) is 5.85 Å². The maximum absolute atomic E-state index is 9.92. The highest BCUT2D eigenvalue weighted by Crippen LogP contribution is 2.35. The second-order valence-corrected chi connectivity index (χ2v) is 5.35. The van der Waals surface area contributed by atoms with Crippen molar-refractivity contribution in [3.05, 3.63) is 18.1 Å². The fourth-order valence-electron chi connectivity index (χ4n) is 2.68. The summed E-state index contributed by atoms with van der Waals surface area (Å²) < 4.78 is 7.14. The number of nitrogens with zero attached hydrogens (tertiary/aromatic N) is 3. The minimum absolute atomic E-state index is 0.116. The average molecular weight is 310 g/mol. The van der Waals surface area contributed by atoms with Crippen LogP contribution in [0.5, 0.6) is 0 Å². The van der Waals surface area contributed by atoms with E-state index >= 15 is 0 Å². The van der Waals surface area contributed by atoms with Crippen LogP contribution < -0.4 is 17.2 Å². The van der Waals surface area contributed by atoms with Crippen molar-refractivity contribution in [2.45, 2.75) is 30.7 Å². The quantitative estimate of drug-likeness (QED) is 0.339. The molecule has 2 aromatic heterocycles. The molecule has 3 rings (SSSR count). The third-order valence-corrected chi connectivity index (χ3v) is 3.76. The van der Waals surface area contributed by atoms with Gasteiger partial charge < -0.3 is 30.4 Å². The molecule has 0 aliphatic carbocycles. The summed E-state index contributed by atoms with van der Waals surface area (Å²) in [6, 6.07) is 0. The van der Waals surface area contributed by atoms with Gasteiger partial charge in [0.25, 0.3) is 0 Å². The molecule has 0 amide bonds. The smallest absolute Gasteiger partial charge is 0.196 e. The van der Waals surface area contributed by atoms with E-state index in [0.29, 0.717) is 11.0 Å². The first-order valence-electron chi connectivity index (χ1n) is 6.69. The lowest BCUT2D eigenvalue weighted by molar-refractivity contribution is -0.0433. The third kappa shape index (κ3) is 2.31. The Morgan fingerprint density at radius 2 is 2.14 bits per heavy atom. The minimum atomic E-state index is -2.13. The average Bonchev–Trinajstić information content (AvgIpc) is 2.99. The largest absolute Gasteiger partial charge is 0.394 e. The normalized spacial score (nSPS) is 26.0. The van der Waals surface area contributed by atoms with Gasteiger partial charge in [-0.2, -0.15) is 0 Å². The van der Waals surface area contributed by atoms with Gasteiger partial charge in [-0.25, -0.2) is 9.97 Å². The van der Waals surface area contributed by atoms with Gasteiger partial charge in [-0.05, 0) is 0 Å². The first-order valence-corrected chi connectivity index (χ1v) is 6.69. The first kappa shape index (κ1) is 15.1. The van der Waals surface area contributed by atoms with Crippen LogP contribution in [-0.2, 0) is 10.6 Å². The van der Waals surface area contributed by atoms with Crippen LogP contribution in [-0.4, -0.2) is 48.7 Å². The Morgan fingerprint density at radius 3 is 2.73 bits per heavy atom. The van der Waals surface area contributed by atoms with Crippen LogP contribution in [0.4, 0.5) is 5.82 Å². The second kappa shape index (κ2) is 5.12. The number of hydrogen-bond acceptors (Lipinski definition) is 9. The van der Waals surface area contributed by atoms with E-state index in [1.54, 1.807) is 4.57 Å². The van der Waals surface area contributed by atoms with Crippen LogP contribution in [0, 0.1) is 0 Å². The van der Waals surface area contributed by atoms with Crippen molar-refractivity contribution in [1.82, 2.24) is 14.5 Å². The van der Waals surface area contributed by atoms with Crippen molar-refractivity contribution in [1.29, 1.82) is 0 Å². The molecule has 120 valence electrons. The molecule has 9 N–H and O–H groups in total. The fourth-order valence-corrected chi connectivity index (χ4v) is 2.68. The number of anilines is 1. The summed E-state index contributed by atoms with van der Waals surface area (Å²) in [7, 11) is 0. The van der Waals surface area contributed by atoms with Gasteiger partial charge in [-0.3, -0.25) is 11.5 Å². The van der Waals surface area contributed by atoms with E-state index in [0.717, 1.165) is 0 Å². The highest BCUT2D eigenvalue weighted by molar-refractivity contribution is 5.90. The number of rotatable bonds is 3. The Morgan fingerprint density at radius 1 is 1.41 bits per heavy atom. The Bertz CT molecular complexity index is 697. The number of fused-ring (bicyclic) bond motifs is 1. The van der Waals surface area contributed by atoms with Crippen molar-refractivity contribution in [2.75, 3.05) is 12.3 Å². The summed E-state index contributed by atoms with van der Waals surface area (Å²) in [6.07, 6.45) is 0.863. The van der Waals surface area contributed by atoms with Crippen molar-refractivity contribution < 1.29 is 20.1 Å². The predicted octanol–water partition coefficient (Wildman–Crippen LogP) is -2.33. The molecule has 3 heterocycles. The van der Waals surface area contributed by atoms with Crippen LogP contribution in [0.15, 0.2) is 12.5 Å². The van der Waals surface area contributed by atoms with E-state index in [1.165, 1.54) is 12.5 Å². The second-order valence-electron chi connectivity index (χ2n) is 5.35. The molecule has 1 aliphatic heterocycles. The Balaban J connectivity index is 2.14. The zero-order valence-electron chi connectivity index (χ0n) is 11.6. The summed E-state index contributed by atoms with van der Waals surface area (Å²) in [5.41, 5.74) is 17.5. The molecule has 3 unspecified atom stereocenters. The molecule has 2 aromatic rings. The zero-order chi connectivity index (χ0) is 16.1. The molecule has 22 heavy (non-hydrogen) atoms. The number of nitrogen functional groups attached to an aromatic ring is 1. The van der Waals surface area contributed by atoms with Gasteiger partial charge in [-0.1, -0.05) is 0 Å². The SMILES string of the molecule is Nc1ncnc2c1c(C(N)(N)O)cn2C1CC(O)C(CO)O1. The summed E-state index contributed by atoms with van der Waals surface area (Å²) >= 11 is 0. The Hall–Kier alpha value is -1.82. The standard InChI is InChI=1S/C12H18N6O4/c13-10-9-5(12(14,15)21)2-18(11(9)17-4-16-10)8-1-6(20)7(3-19)22-8/h2,4,6-8,19-21H,1,3,14-15H2,(H2,13,16,17). The van der Waals surface area contributed by atoms with E-state index in [4.69, 9.17) is 21.9 Å². The topological polar surface area (TPSA) is 179 Å². The zero-order valence-corrected chi connectivity index (χ0v) is 11.6. The Labute approximate surface area is 125 Å². The maximum atomic E-state index is 9.92. The lowest BCUT2D eigenvalue weighted by atomic mass is 10.1. The van der Waals surface area contributed by atoms with Crippen LogP contribution in [0.3, 0.4) is 0 Å². The van der Waals surface area contributed by atoms with Crippen molar-refractivity contribution in [2.24, 2.45) is 11.5 Å². The van der Waals surface area contributed by atoms with E-state index < -0.39 is 24.3 Å². The van der Waals surface area contributed by atoms with Crippen LogP contribution >= 0.6 is 0 Å². The number of hydrogen-bond donors (Lipinski definition) is 6. The molecule has 0 bridgehead atoms. The van der Waals surface area contributed by atoms with Crippen molar-refractivity contribution in [3.8, 4) is 0 Å².